The van der Waals surface area contributed by atoms with E-state index < -0.39 is 17.8 Å². The Labute approximate surface area is 234 Å². The lowest BCUT2D eigenvalue weighted by Crippen LogP contribution is -2.41. The first-order valence-electron chi connectivity index (χ1n) is 12.9. The number of benzene rings is 2. The fraction of sp³-hybridized carbons (Fsp3) is 0.233. The van der Waals surface area contributed by atoms with Gasteiger partial charge in [0.05, 0.1) is 12.2 Å². The predicted molar refractivity (Wildman–Crippen MR) is 142 cm³/mol. The van der Waals surface area contributed by atoms with E-state index >= 15 is 0 Å². The molecule has 1 fully saturated rings. The monoisotopic (exact) mass is 565 g/mol. The van der Waals surface area contributed by atoms with Gasteiger partial charge in [0.2, 0.25) is 11.8 Å². The molecule has 0 radical (unpaired) electrons. The van der Waals surface area contributed by atoms with Gasteiger partial charge in [-0.2, -0.15) is 13.2 Å². The Kier molecular flexibility index (Phi) is 8.52. The van der Waals surface area contributed by atoms with Gasteiger partial charge in [-0.25, -0.2) is 14.8 Å². The largest absolute Gasteiger partial charge is 0.493 e. The number of nitrogens with zero attached hydrogens (tertiary/aromatic N) is 3. The molecule has 1 aliphatic heterocycles. The van der Waals surface area contributed by atoms with Crippen LogP contribution >= 0.6 is 0 Å². The van der Waals surface area contributed by atoms with E-state index in [1.165, 1.54) is 0 Å². The third-order valence-electron chi connectivity index (χ3n) is 6.36. The van der Waals surface area contributed by atoms with Gasteiger partial charge in [-0.1, -0.05) is 6.07 Å². The van der Waals surface area contributed by atoms with Gasteiger partial charge in [-0.05, 0) is 79.4 Å². The van der Waals surface area contributed by atoms with Gasteiger partial charge in [0.15, 0.2) is 0 Å². The number of piperidine rings is 1. The maximum atomic E-state index is 12.7. The minimum atomic E-state index is -4.47. The highest BCUT2D eigenvalue weighted by molar-refractivity contribution is 5.70. The molecule has 0 atom stereocenters. The van der Waals surface area contributed by atoms with Crippen molar-refractivity contribution in [3.63, 3.8) is 0 Å². The van der Waals surface area contributed by atoms with Crippen LogP contribution in [0.5, 0.6) is 34.8 Å². The van der Waals surface area contributed by atoms with Crippen molar-refractivity contribution >= 4 is 6.09 Å². The second kappa shape index (κ2) is 12.6. The summed E-state index contributed by atoms with van der Waals surface area (Å²) >= 11 is 0. The molecule has 0 spiro atoms. The Morgan fingerprint density at radius 3 is 1.95 bits per heavy atom. The van der Waals surface area contributed by atoms with Crippen molar-refractivity contribution in [2.24, 2.45) is 5.92 Å². The summed E-state index contributed by atoms with van der Waals surface area (Å²) in [5.74, 6) is 2.91. The Bertz CT molecular complexity index is 1410. The first-order chi connectivity index (χ1) is 19.8. The van der Waals surface area contributed by atoms with Crippen molar-refractivity contribution in [3.05, 3.63) is 96.8 Å². The van der Waals surface area contributed by atoms with Crippen molar-refractivity contribution in [1.82, 2.24) is 14.9 Å². The van der Waals surface area contributed by atoms with Crippen LogP contribution < -0.4 is 18.9 Å². The minimum absolute atomic E-state index is 0.0150. The summed E-state index contributed by atoms with van der Waals surface area (Å²) in [6.45, 7) is 1.63. The molecule has 0 saturated carbocycles. The zero-order valence-electron chi connectivity index (χ0n) is 21.8. The SMILES string of the molecule is O=C(Oc1ccc(Oc2ccc(C(F)(F)F)cn2)cc1)N1CCC(COc2ccc(Oc3ccccn3)cc2)CC1. The number of carbonyl (C=O) groups excluding carboxylic acids is 1. The maximum absolute atomic E-state index is 12.7. The number of amides is 1. The van der Waals surface area contributed by atoms with Crippen LogP contribution in [-0.4, -0.2) is 40.7 Å². The molecule has 11 heteroatoms. The fourth-order valence-electron chi connectivity index (χ4n) is 4.10. The van der Waals surface area contributed by atoms with E-state index in [9.17, 15) is 18.0 Å². The van der Waals surface area contributed by atoms with Crippen molar-refractivity contribution in [2.45, 2.75) is 19.0 Å². The average Bonchev–Trinajstić information content (AvgIpc) is 2.98. The van der Waals surface area contributed by atoms with Crippen LogP contribution in [-0.2, 0) is 6.18 Å². The van der Waals surface area contributed by atoms with Crippen molar-refractivity contribution in [3.8, 4) is 34.8 Å². The summed E-state index contributed by atoms with van der Waals surface area (Å²) in [7, 11) is 0. The van der Waals surface area contributed by atoms with E-state index in [0.29, 0.717) is 54.9 Å². The normalized spacial score (nSPS) is 13.9. The first-order valence-corrected chi connectivity index (χ1v) is 12.9. The standard InChI is InChI=1S/C30H26F3N3O5/c31-30(32,33)22-4-13-28(35-19-22)40-25-9-11-26(12-10-25)41-29(37)36-17-14-21(15-18-36)20-38-23-5-7-24(8-6-23)39-27-3-1-2-16-34-27/h1-13,16,19,21H,14-15,17-18,20H2. The Balaban J connectivity index is 1.03. The number of hydrogen-bond donors (Lipinski definition) is 0. The van der Waals surface area contributed by atoms with Gasteiger partial charge in [-0.3, -0.25) is 0 Å². The summed E-state index contributed by atoms with van der Waals surface area (Å²) in [6.07, 6.45) is -0.985. The van der Waals surface area contributed by atoms with Crippen molar-refractivity contribution in [2.75, 3.05) is 19.7 Å². The van der Waals surface area contributed by atoms with E-state index in [1.54, 1.807) is 41.4 Å². The number of ether oxygens (including phenoxy) is 4. The number of alkyl halides is 3. The zero-order chi connectivity index (χ0) is 28.7. The molecule has 0 aliphatic carbocycles. The van der Waals surface area contributed by atoms with Crippen LogP contribution in [0.3, 0.4) is 0 Å². The molecule has 0 unspecified atom stereocenters. The van der Waals surface area contributed by atoms with Gasteiger partial charge in [-0.15, -0.1) is 0 Å². The molecule has 41 heavy (non-hydrogen) atoms. The molecular weight excluding hydrogens is 539 g/mol. The summed E-state index contributed by atoms with van der Waals surface area (Å²) < 4.78 is 60.6. The third-order valence-corrected chi connectivity index (χ3v) is 6.36. The number of aromatic nitrogens is 2. The molecule has 0 N–H and O–H groups in total. The summed E-state index contributed by atoms with van der Waals surface area (Å²) in [5, 5.41) is 0. The summed E-state index contributed by atoms with van der Waals surface area (Å²) in [4.78, 5) is 22.1. The maximum Gasteiger partial charge on any atom is 0.417 e. The molecule has 2 aromatic heterocycles. The van der Waals surface area contributed by atoms with E-state index in [0.717, 1.165) is 30.7 Å². The Morgan fingerprint density at radius 1 is 0.780 bits per heavy atom. The highest BCUT2D eigenvalue weighted by Crippen LogP contribution is 2.30. The molecule has 5 rings (SSSR count). The lowest BCUT2D eigenvalue weighted by molar-refractivity contribution is -0.137. The second-order valence-electron chi connectivity index (χ2n) is 9.31. The van der Waals surface area contributed by atoms with Gasteiger partial charge in [0.1, 0.15) is 23.0 Å². The number of rotatable bonds is 8. The molecule has 2 aromatic carbocycles. The minimum Gasteiger partial charge on any atom is -0.493 e. The average molecular weight is 566 g/mol. The predicted octanol–water partition coefficient (Wildman–Crippen LogP) is 7.37. The molecule has 0 bridgehead atoms. The van der Waals surface area contributed by atoms with Crippen LogP contribution in [0.25, 0.3) is 0 Å². The van der Waals surface area contributed by atoms with Crippen molar-refractivity contribution < 1.29 is 36.9 Å². The van der Waals surface area contributed by atoms with Crippen LogP contribution in [0.1, 0.15) is 18.4 Å². The first kappa shape index (κ1) is 27.8. The third kappa shape index (κ3) is 7.87. The van der Waals surface area contributed by atoms with Crippen LogP contribution in [0.4, 0.5) is 18.0 Å². The number of pyridine rings is 2. The summed E-state index contributed by atoms with van der Waals surface area (Å²) in [5.41, 5.74) is -0.859. The van der Waals surface area contributed by atoms with Gasteiger partial charge in [0, 0.05) is 37.6 Å². The number of carbonyl (C=O) groups is 1. The highest BCUT2D eigenvalue weighted by atomic mass is 19.4. The highest BCUT2D eigenvalue weighted by Gasteiger charge is 2.30. The topological polar surface area (TPSA) is 83.0 Å². The number of hydrogen-bond acceptors (Lipinski definition) is 7. The van der Waals surface area contributed by atoms with Gasteiger partial charge >= 0.3 is 12.3 Å². The molecule has 3 heterocycles. The number of likely N-dealkylation sites (tertiary alicyclic amines) is 1. The van der Waals surface area contributed by atoms with Crippen LogP contribution in [0.2, 0.25) is 0 Å². The van der Waals surface area contributed by atoms with Gasteiger partial charge in [0.25, 0.3) is 0 Å². The smallest absolute Gasteiger partial charge is 0.417 e. The second-order valence-corrected chi connectivity index (χ2v) is 9.31. The van der Waals surface area contributed by atoms with Gasteiger partial charge < -0.3 is 23.8 Å². The summed E-state index contributed by atoms with van der Waals surface area (Å²) in [6, 6.07) is 21.0. The van der Waals surface area contributed by atoms with Crippen LogP contribution in [0.15, 0.2) is 91.3 Å². The molecule has 8 nitrogen and oxygen atoms in total. The van der Waals surface area contributed by atoms with E-state index in [4.69, 9.17) is 18.9 Å². The molecule has 4 aromatic rings. The van der Waals surface area contributed by atoms with E-state index in [-0.39, 0.29) is 5.88 Å². The quantitative estimate of drug-likeness (QED) is 0.221. The van der Waals surface area contributed by atoms with E-state index in [2.05, 4.69) is 9.97 Å². The Morgan fingerprint density at radius 2 is 1.39 bits per heavy atom. The molecule has 1 amide bonds. The van der Waals surface area contributed by atoms with Crippen molar-refractivity contribution in [1.29, 1.82) is 0 Å². The zero-order valence-corrected chi connectivity index (χ0v) is 21.8. The number of halogens is 3. The molecule has 212 valence electrons. The lowest BCUT2D eigenvalue weighted by atomic mass is 9.98. The van der Waals surface area contributed by atoms with E-state index in [1.807, 2.05) is 36.4 Å². The molecular formula is C30H26F3N3O5. The fourth-order valence-corrected chi connectivity index (χ4v) is 4.10. The molecule has 1 aliphatic rings. The lowest BCUT2D eigenvalue weighted by Gasteiger charge is -2.31. The van der Waals surface area contributed by atoms with Crippen LogP contribution in [0, 0.1) is 5.92 Å². The molecule has 1 saturated heterocycles. The Hall–Kier alpha value is -4.80.